The minimum absolute atomic E-state index is 0.00562. The number of hydrogen-bond donors (Lipinski definition) is 3. The van der Waals surface area contributed by atoms with Crippen molar-refractivity contribution in [2.45, 2.75) is 347 Å². The van der Waals surface area contributed by atoms with Gasteiger partial charge in [-0.05, 0) is 51.4 Å². The Kier molecular flexibility index (Phi) is 55.0. The fraction of sp³-hybridized carbons (Fsp3) is 0.933. The van der Waals surface area contributed by atoms with E-state index in [9.17, 15) is 19.8 Å². The molecule has 1 amide bonds. The average molecular weight is 933 g/mol. The molecule has 2 atom stereocenters. The minimum Gasteiger partial charge on any atom is -0.466 e. The SMILES string of the molecule is CCCCCCCC/C=C\CCCCCCCCCCCC(=O)OCCCCCCCCCCCCCCCCCCCC(=O)NC(CO)C(O)CCCCCCCCCCCCCCC. The summed E-state index contributed by atoms with van der Waals surface area (Å²) in [6.45, 7) is 4.95. The van der Waals surface area contributed by atoms with E-state index >= 15 is 0 Å². The van der Waals surface area contributed by atoms with Crippen molar-refractivity contribution < 1.29 is 24.5 Å². The molecule has 6 nitrogen and oxygen atoms in total. The largest absolute Gasteiger partial charge is 0.466 e. The van der Waals surface area contributed by atoms with Crippen molar-refractivity contribution in [1.29, 1.82) is 0 Å². The number of carbonyl (C=O) groups is 2. The Bertz CT molecular complexity index is 986. The van der Waals surface area contributed by atoms with Crippen molar-refractivity contribution in [3.05, 3.63) is 12.2 Å². The third-order valence-electron chi connectivity index (χ3n) is 14.1. The van der Waals surface area contributed by atoms with E-state index in [0.29, 0.717) is 25.9 Å². The summed E-state index contributed by atoms with van der Waals surface area (Å²) in [6, 6.07) is -0.544. The normalized spacial score (nSPS) is 12.6. The van der Waals surface area contributed by atoms with Crippen LogP contribution in [-0.2, 0) is 14.3 Å². The first kappa shape index (κ1) is 64.6. The van der Waals surface area contributed by atoms with E-state index in [1.807, 2.05) is 0 Å². The van der Waals surface area contributed by atoms with Gasteiger partial charge in [0.2, 0.25) is 5.91 Å². The summed E-state index contributed by atoms with van der Waals surface area (Å²) in [6.07, 6.45) is 66.3. The molecule has 66 heavy (non-hydrogen) atoms. The van der Waals surface area contributed by atoms with Crippen LogP contribution in [-0.4, -0.2) is 47.4 Å². The zero-order chi connectivity index (χ0) is 47.9. The lowest BCUT2D eigenvalue weighted by molar-refractivity contribution is -0.143. The second kappa shape index (κ2) is 56.2. The topological polar surface area (TPSA) is 95.9 Å². The van der Waals surface area contributed by atoms with Gasteiger partial charge in [-0.15, -0.1) is 0 Å². The highest BCUT2D eigenvalue weighted by molar-refractivity contribution is 5.76. The lowest BCUT2D eigenvalue weighted by Gasteiger charge is -2.22. The molecule has 392 valence electrons. The van der Waals surface area contributed by atoms with E-state index in [0.717, 1.165) is 44.9 Å². The number of aliphatic hydroxyl groups excluding tert-OH is 2. The molecule has 0 aromatic rings. The first-order chi connectivity index (χ1) is 32.5. The lowest BCUT2D eigenvalue weighted by Crippen LogP contribution is -2.45. The van der Waals surface area contributed by atoms with Gasteiger partial charge in [-0.3, -0.25) is 9.59 Å². The zero-order valence-corrected chi connectivity index (χ0v) is 44.7. The molecule has 3 N–H and O–H groups in total. The van der Waals surface area contributed by atoms with Gasteiger partial charge >= 0.3 is 5.97 Å². The van der Waals surface area contributed by atoms with Crippen molar-refractivity contribution in [2.24, 2.45) is 0 Å². The van der Waals surface area contributed by atoms with Crippen molar-refractivity contribution in [3.8, 4) is 0 Å². The summed E-state index contributed by atoms with van der Waals surface area (Å²) in [7, 11) is 0. The molecular formula is C60H117NO5. The summed E-state index contributed by atoms with van der Waals surface area (Å²) >= 11 is 0. The average Bonchev–Trinajstić information content (AvgIpc) is 3.32. The summed E-state index contributed by atoms with van der Waals surface area (Å²) < 4.78 is 5.49. The first-order valence-electron chi connectivity index (χ1n) is 29.9. The van der Waals surface area contributed by atoms with Gasteiger partial charge in [0.15, 0.2) is 0 Å². The van der Waals surface area contributed by atoms with Crippen LogP contribution in [0.2, 0.25) is 0 Å². The van der Waals surface area contributed by atoms with Crippen molar-refractivity contribution in [3.63, 3.8) is 0 Å². The van der Waals surface area contributed by atoms with Crippen molar-refractivity contribution in [2.75, 3.05) is 13.2 Å². The predicted octanol–water partition coefficient (Wildman–Crippen LogP) is 18.5. The maximum Gasteiger partial charge on any atom is 0.305 e. The number of aliphatic hydroxyl groups is 2. The molecule has 0 bridgehead atoms. The first-order valence-corrected chi connectivity index (χ1v) is 29.9. The van der Waals surface area contributed by atoms with Crippen LogP contribution in [0.25, 0.3) is 0 Å². The maximum absolute atomic E-state index is 12.5. The highest BCUT2D eigenvalue weighted by Gasteiger charge is 2.20. The molecule has 0 aliphatic heterocycles. The van der Waals surface area contributed by atoms with Crippen molar-refractivity contribution in [1.82, 2.24) is 5.32 Å². The highest BCUT2D eigenvalue weighted by Crippen LogP contribution is 2.18. The molecule has 2 unspecified atom stereocenters. The van der Waals surface area contributed by atoms with Gasteiger partial charge in [0.05, 0.1) is 25.4 Å². The van der Waals surface area contributed by atoms with Crippen LogP contribution in [0, 0.1) is 0 Å². The van der Waals surface area contributed by atoms with Crippen LogP contribution in [0.1, 0.15) is 335 Å². The molecule has 0 radical (unpaired) electrons. The fourth-order valence-electron chi connectivity index (χ4n) is 9.46. The number of ether oxygens (including phenoxy) is 1. The second-order valence-electron chi connectivity index (χ2n) is 20.7. The molecule has 0 aliphatic rings. The van der Waals surface area contributed by atoms with Gasteiger partial charge in [-0.1, -0.05) is 283 Å². The standard InChI is InChI=1S/C60H117NO5/c1-3-5-7-9-11-13-15-17-18-19-20-23-26-30-34-38-42-46-50-54-60(65)66-55-51-47-43-39-35-31-27-24-21-22-25-29-33-37-41-45-49-53-59(64)61-57(56-62)58(63)52-48-44-40-36-32-28-16-14-12-10-8-6-4-2/h17-18,57-58,62-63H,3-16,19-56H2,1-2H3,(H,61,64)/b18-17-. The van der Waals surface area contributed by atoms with E-state index in [-0.39, 0.29) is 18.5 Å². The molecule has 0 heterocycles. The van der Waals surface area contributed by atoms with Crippen LogP contribution in [0.15, 0.2) is 12.2 Å². The molecule has 0 rings (SSSR count). The molecule has 0 saturated carbocycles. The van der Waals surface area contributed by atoms with Crippen LogP contribution < -0.4 is 5.32 Å². The lowest BCUT2D eigenvalue weighted by atomic mass is 10.0. The van der Waals surface area contributed by atoms with Crippen LogP contribution in [0.3, 0.4) is 0 Å². The Labute approximate surface area is 412 Å². The second-order valence-corrected chi connectivity index (χ2v) is 20.7. The van der Waals surface area contributed by atoms with Gasteiger partial charge < -0.3 is 20.3 Å². The summed E-state index contributed by atoms with van der Waals surface area (Å²) in [5.41, 5.74) is 0. The van der Waals surface area contributed by atoms with Gasteiger partial charge in [0.1, 0.15) is 0 Å². The molecule has 0 aromatic heterocycles. The van der Waals surface area contributed by atoms with Gasteiger partial charge in [-0.2, -0.15) is 0 Å². The van der Waals surface area contributed by atoms with E-state index in [1.54, 1.807) is 0 Å². The quantitative estimate of drug-likeness (QED) is 0.0321. The van der Waals surface area contributed by atoms with Gasteiger partial charge in [0, 0.05) is 12.8 Å². The van der Waals surface area contributed by atoms with Gasteiger partial charge in [-0.25, -0.2) is 0 Å². The Balaban J connectivity index is 3.38. The highest BCUT2D eigenvalue weighted by atomic mass is 16.5. The Hall–Kier alpha value is -1.40. The number of esters is 1. The van der Waals surface area contributed by atoms with Gasteiger partial charge in [0.25, 0.3) is 0 Å². The molecule has 0 aromatic carbocycles. The smallest absolute Gasteiger partial charge is 0.305 e. The van der Waals surface area contributed by atoms with Crippen LogP contribution >= 0.6 is 0 Å². The number of hydrogen-bond acceptors (Lipinski definition) is 5. The monoisotopic (exact) mass is 932 g/mol. The van der Waals surface area contributed by atoms with Crippen LogP contribution in [0.5, 0.6) is 0 Å². The maximum atomic E-state index is 12.5. The van der Waals surface area contributed by atoms with Crippen LogP contribution in [0.4, 0.5) is 0 Å². The molecule has 0 aliphatic carbocycles. The number of rotatable bonds is 56. The Morgan fingerprint density at radius 3 is 1.08 bits per heavy atom. The third-order valence-corrected chi connectivity index (χ3v) is 14.1. The third kappa shape index (κ3) is 52.0. The van der Waals surface area contributed by atoms with E-state index in [2.05, 4.69) is 31.3 Å². The summed E-state index contributed by atoms with van der Waals surface area (Å²) in [5, 5.41) is 23.2. The predicted molar refractivity (Wildman–Crippen MR) is 287 cm³/mol. The van der Waals surface area contributed by atoms with E-state index in [4.69, 9.17) is 4.74 Å². The zero-order valence-electron chi connectivity index (χ0n) is 44.7. The number of allylic oxidation sites excluding steroid dienone is 2. The van der Waals surface area contributed by atoms with E-state index < -0.39 is 12.1 Å². The molecule has 0 saturated heterocycles. The number of amides is 1. The van der Waals surface area contributed by atoms with E-state index in [1.165, 1.54) is 257 Å². The van der Waals surface area contributed by atoms with Crippen molar-refractivity contribution >= 4 is 11.9 Å². The fourth-order valence-corrected chi connectivity index (χ4v) is 9.46. The molecule has 0 spiro atoms. The number of unbranched alkanes of at least 4 members (excludes halogenated alkanes) is 43. The summed E-state index contributed by atoms with van der Waals surface area (Å²) in [4.78, 5) is 24.6. The number of nitrogens with one attached hydrogen (secondary N) is 1. The molecular weight excluding hydrogens is 815 g/mol. The Morgan fingerprint density at radius 1 is 0.409 bits per heavy atom. The number of carbonyl (C=O) groups excluding carboxylic acids is 2. The minimum atomic E-state index is -0.666. The summed E-state index contributed by atoms with van der Waals surface area (Å²) in [5.74, 6) is -0.0332. The molecule has 0 fully saturated rings. The molecule has 6 heteroatoms. The Morgan fingerprint density at radius 2 is 0.712 bits per heavy atom.